The Hall–Kier alpha value is -5.06. The van der Waals surface area contributed by atoms with Gasteiger partial charge >= 0.3 is 24.4 Å². The van der Waals surface area contributed by atoms with Crippen molar-refractivity contribution in [3.63, 3.8) is 0 Å². The van der Waals surface area contributed by atoms with Crippen molar-refractivity contribution < 1.29 is 55.2 Å². The van der Waals surface area contributed by atoms with Gasteiger partial charge < -0.3 is 28.6 Å². The normalized spacial score (nSPS) is 24.1. The number of nitrogens with zero attached hydrogens (tertiary/aromatic N) is 5. The zero-order valence-corrected chi connectivity index (χ0v) is 37.3. The number of carbonyl (C=O) groups excluding carboxylic acids is 2. The predicted octanol–water partition coefficient (Wildman–Crippen LogP) is 9.97. The van der Waals surface area contributed by atoms with E-state index in [9.17, 15) is 14.9 Å². The van der Waals surface area contributed by atoms with E-state index < -0.39 is 92.1 Å². The van der Waals surface area contributed by atoms with Gasteiger partial charge in [-0.3, -0.25) is 10.2 Å². The molecular formula is C44H49F5N6O7S. The minimum absolute atomic E-state index is 0.0326. The average Bonchev–Trinajstić information content (AvgIpc) is 3.78. The molecule has 4 bridgehead atoms. The molecule has 4 saturated heterocycles. The molecule has 1 saturated carbocycles. The van der Waals surface area contributed by atoms with Crippen molar-refractivity contribution in [1.82, 2.24) is 14.9 Å². The molecule has 2 amide bonds. The van der Waals surface area contributed by atoms with Gasteiger partial charge in [-0.15, -0.1) is 11.3 Å². The Labute approximate surface area is 364 Å². The summed E-state index contributed by atoms with van der Waals surface area (Å²) in [7, 11) is 1.59. The Morgan fingerprint density at radius 3 is 2.24 bits per heavy atom. The van der Waals surface area contributed by atoms with Crippen molar-refractivity contribution in [2.75, 3.05) is 43.6 Å². The van der Waals surface area contributed by atoms with E-state index in [1.165, 1.54) is 0 Å². The monoisotopic (exact) mass is 900 g/mol. The summed E-state index contributed by atoms with van der Waals surface area (Å²) in [5.74, 6) is -2.36. The van der Waals surface area contributed by atoms with Crippen LogP contribution in [-0.2, 0) is 25.1 Å². The standard InChI is InChI=1S/C44H49F5N6O7S/c1-39(2,3)60-37(56)53-35-26(15-50)29-24(12-13-28(45)33(29)63-35)30-27(44(47,48)49)14-25-32(31(30)46)51-36(59-20-42-18-43(19-42,21-58-9)62-41(42,7)8)52-34(25)54-16-22-10-11-23(17-54)55(22)38(57)61-40(4,5)6/h12-14,22-23H,10-11,16-21H2,1-9H3,(H,53,56). The van der Waals surface area contributed by atoms with Crippen LogP contribution < -0.4 is 15.0 Å². The molecule has 4 aliphatic heterocycles. The first-order valence-corrected chi connectivity index (χ1v) is 21.4. The van der Waals surface area contributed by atoms with Gasteiger partial charge in [0.05, 0.1) is 45.7 Å². The van der Waals surface area contributed by atoms with Gasteiger partial charge in [-0.1, -0.05) is 6.07 Å². The molecule has 0 spiro atoms. The van der Waals surface area contributed by atoms with Crippen LogP contribution in [-0.4, -0.2) is 95.0 Å². The van der Waals surface area contributed by atoms with Gasteiger partial charge in [-0.2, -0.15) is 28.4 Å². The zero-order chi connectivity index (χ0) is 45.8. The first-order valence-electron chi connectivity index (χ1n) is 20.6. The fraction of sp³-hybridized carbons (Fsp3) is 0.568. The minimum atomic E-state index is -5.20. The van der Waals surface area contributed by atoms with Crippen molar-refractivity contribution in [1.29, 1.82) is 5.26 Å². The molecule has 9 rings (SSSR count). The van der Waals surface area contributed by atoms with Crippen LogP contribution in [0.25, 0.3) is 32.1 Å². The Bertz CT molecular complexity index is 2560. The van der Waals surface area contributed by atoms with Crippen molar-refractivity contribution in [2.45, 2.75) is 122 Å². The number of halogens is 5. The molecule has 2 atom stereocenters. The van der Waals surface area contributed by atoms with Crippen molar-refractivity contribution in [3.05, 3.63) is 41.0 Å². The van der Waals surface area contributed by atoms with E-state index in [4.69, 9.17) is 23.7 Å². The number of methoxy groups -OCH3 is 1. The molecule has 2 aromatic carbocycles. The number of aromatic nitrogens is 2. The maximum Gasteiger partial charge on any atom is 0.417 e. The third kappa shape index (κ3) is 7.85. The Balaban J connectivity index is 1.28. The fourth-order valence-electron chi connectivity index (χ4n) is 9.85. The molecule has 5 fully saturated rings. The number of anilines is 2. The Morgan fingerprint density at radius 2 is 1.65 bits per heavy atom. The first kappa shape index (κ1) is 44.5. The molecule has 19 heteroatoms. The highest BCUT2D eigenvalue weighted by Crippen LogP contribution is 2.66. The average molecular weight is 901 g/mol. The lowest BCUT2D eigenvalue weighted by Crippen LogP contribution is -2.57. The molecule has 63 heavy (non-hydrogen) atoms. The number of rotatable bonds is 8. The van der Waals surface area contributed by atoms with Crippen LogP contribution in [0.2, 0.25) is 0 Å². The number of nitrogens with one attached hydrogen (secondary N) is 1. The third-order valence-electron chi connectivity index (χ3n) is 12.3. The van der Waals surface area contributed by atoms with Crippen LogP contribution >= 0.6 is 11.3 Å². The van der Waals surface area contributed by atoms with Gasteiger partial charge in [0.15, 0.2) is 5.82 Å². The van der Waals surface area contributed by atoms with Crippen LogP contribution in [0, 0.1) is 28.4 Å². The van der Waals surface area contributed by atoms with Gasteiger partial charge in [0, 0.05) is 42.0 Å². The molecular weight excluding hydrogens is 852 g/mol. The van der Waals surface area contributed by atoms with E-state index >= 15 is 22.0 Å². The smallest absolute Gasteiger partial charge is 0.417 e. The lowest BCUT2D eigenvalue weighted by atomic mass is 9.57. The number of carbonyl (C=O) groups is 2. The van der Waals surface area contributed by atoms with E-state index in [2.05, 4.69) is 15.3 Å². The maximum atomic E-state index is 17.7. The summed E-state index contributed by atoms with van der Waals surface area (Å²) in [6.07, 6.45) is -4.32. The number of thiophene rings is 1. The molecule has 338 valence electrons. The molecule has 4 aromatic rings. The van der Waals surface area contributed by atoms with E-state index in [1.807, 2.05) is 19.9 Å². The highest BCUT2D eigenvalue weighted by Gasteiger charge is 2.72. The minimum Gasteiger partial charge on any atom is -0.463 e. The van der Waals surface area contributed by atoms with E-state index in [0.717, 1.165) is 18.2 Å². The van der Waals surface area contributed by atoms with Gasteiger partial charge in [-0.05, 0) is 98.8 Å². The molecule has 0 radical (unpaired) electrons. The summed E-state index contributed by atoms with van der Waals surface area (Å²) in [6, 6.07) is 3.40. The zero-order valence-electron chi connectivity index (χ0n) is 36.4. The summed E-state index contributed by atoms with van der Waals surface area (Å²) in [5.41, 5.74) is -7.18. The van der Waals surface area contributed by atoms with Crippen LogP contribution in [0.1, 0.15) is 92.2 Å². The summed E-state index contributed by atoms with van der Waals surface area (Å²) >= 11 is 0.600. The number of amides is 2. The van der Waals surface area contributed by atoms with Gasteiger partial charge in [0.2, 0.25) is 0 Å². The topological polar surface area (TPSA) is 148 Å². The number of fused-ring (bicyclic) bond motifs is 5. The maximum absolute atomic E-state index is 17.7. The Kier molecular flexibility index (Phi) is 10.6. The first-order chi connectivity index (χ1) is 29.3. The largest absolute Gasteiger partial charge is 0.463 e. The van der Waals surface area contributed by atoms with Crippen LogP contribution in [0.3, 0.4) is 0 Å². The lowest BCUT2D eigenvalue weighted by molar-refractivity contribution is -0.137. The third-order valence-corrected chi connectivity index (χ3v) is 13.4. The van der Waals surface area contributed by atoms with Crippen LogP contribution in [0.15, 0.2) is 18.2 Å². The fourth-order valence-corrected chi connectivity index (χ4v) is 10.9. The summed E-state index contributed by atoms with van der Waals surface area (Å²) in [4.78, 5) is 38.7. The van der Waals surface area contributed by atoms with Crippen LogP contribution in [0.4, 0.5) is 42.4 Å². The number of benzene rings is 2. The highest BCUT2D eigenvalue weighted by molar-refractivity contribution is 7.23. The van der Waals surface area contributed by atoms with Crippen molar-refractivity contribution >= 4 is 55.3 Å². The quantitative estimate of drug-likeness (QED) is 0.169. The molecule has 6 heterocycles. The van der Waals surface area contributed by atoms with Crippen LogP contribution in [0.5, 0.6) is 6.01 Å². The molecule has 1 aliphatic carbocycles. The number of nitriles is 1. The molecule has 5 aliphatic rings. The van der Waals surface area contributed by atoms with Gasteiger partial charge in [0.25, 0.3) is 0 Å². The second-order valence-corrected chi connectivity index (χ2v) is 20.5. The SMILES string of the molecule is COCC12CC(COc3nc(N4CC5CCC(C4)N5C(=O)OC(C)(C)C)c4cc(C(F)(F)F)c(-c5ccc(F)c6sc(NC(=O)OC(C)(C)C)c(C#N)c56)c(F)c4n3)(C1)C(C)(C)O2. The number of hydrogen-bond acceptors (Lipinski definition) is 12. The lowest BCUT2D eigenvalue weighted by Gasteiger charge is -2.46. The number of hydrogen-bond donors (Lipinski definition) is 1. The van der Waals surface area contributed by atoms with Gasteiger partial charge in [-0.25, -0.2) is 18.4 Å². The number of ether oxygens (including phenoxy) is 5. The predicted molar refractivity (Wildman–Crippen MR) is 224 cm³/mol. The second kappa shape index (κ2) is 15.0. The van der Waals surface area contributed by atoms with Crippen molar-refractivity contribution in [2.24, 2.45) is 5.41 Å². The summed E-state index contributed by atoms with van der Waals surface area (Å²) in [6.45, 7) is 14.7. The number of piperazine rings is 1. The van der Waals surface area contributed by atoms with E-state index in [1.54, 1.807) is 58.5 Å². The Morgan fingerprint density at radius 1 is 1.00 bits per heavy atom. The molecule has 1 N–H and O–H groups in total. The molecule has 2 unspecified atom stereocenters. The summed E-state index contributed by atoms with van der Waals surface area (Å²) < 4.78 is 109. The van der Waals surface area contributed by atoms with E-state index in [-0.39, 0.29) is 57.6 Å². The molecule has 2 aromatic heterocycles. The second-order valence-electron chi connectivity index (χ2n) is 19.5. The molecule has 13 nitrogen and oxygen atoms in total. The number of alkyl halides is 3. The highest BCUT2D eigenvalue weighted by atomic mass is 32.1. The van der Waals surface area contributed by atoms with Crippen molar-refractivity contribution in [3.8, 4) is 23.2 Å². The van der Waals surface area contributed by atoms with E-state index in [0.29, 0.717) is 43.6 Å². The van der Waals surface area contributed by atoms with Gasteiger partial charge in [0.1, 0.15) is 46.0 Å². The summed E-state index contributed by atoms with van der Waals surface area (Å²) in [5, 5.41) is 11.9.